The summed E-state index contributed by atoms with van der Waals surface area (Å²) in [6, 6.07) is 14.1. The summed E-state index contributed by atoms with van der Waals surface area (Å²) in [4.78, 5) is 15.5. The van der Waals surface area contributed by atoms with E-state index in [-0.39, 0.29) is 24.4 Å². The smallest absolute Gasteiger partial charge is 0.242 e. The molecule has 0 spiro atoms. The second-order valence-corrected chi connectivity index (χ2v) is 5.95. The van der Waals surface area contributed by atoms with E-state index in [0.717, 1.165) is 5.69 Å². The minimum atomic E-state index is 0. The van der Waals surface area contributed by atoms with Crippen molar-refractivity contribution >= 4 is 35.3 Å². The molecule has 1 N–H and O–H groups in total. The fourth-order valence-corrected chi connectivity index (χ4v) is 2.67. The van der Waals surface area contributed by atoms with Gasteiger partial charge >= 0.3 is 0 Å². The van der Waals surface area contributed by atoms with E-state index in [4.69, 9.17) is 0 Å². The van der Waals surface area contributed by atoms with Crippen LogP contribution in [0.1, 0.15) is 18.7 Å². The minimum absolute atomic E-state index is 0. The molecule has 0 unspecified atom stereocenters. The predicted molar refractivity (Wildman–Crippen MR) is 92.2 cm³/mol. The van der Waals surface area contributed by atoms with Crippen LogP contribution < -0.4 is 5.32 Å². The number of amides is 1. The van der Waals surface area contributed by atoms with Crippen LogP contribution in [0.15, 0.2) is 47.8 Å². The number of hydrogen-bond acceptors (Lipinski definition) is 3. The fraction of sp³-hybridized carbons (Fsp3) is 0.312. The highest BCUT2D eigenvalue weighted by molar-refractivity contribution is 7.09. The summed E-state index contributed by atoms with van der Waals surface area (Å²) >= 11 is 1.69. The molecule has 0 aliphatic carbocycles. The van der Waals surface area contributed by atoms with Crippen LogP contribution in [0.2, 0.25) is 0 Å². The van der Waals surface area contributed by atoms with Gasteiger partial charge in [-0.05, 0) is 37.4 Å². The Morgan fingerprint density at radius 3 is 2.48 bits per heavy atom. The van der Waals surface area contributed by atoms with E-state index in [1.807, 2.05) is 60.5 Å². The fourth-order valence-electron chi connectivity index (χ4n) is 1.96. The van der Waals surface area contributed by atoms with E-state index in [0.29, 0.717) is 13.1 Å². The summed E-state index contributed by atoms with van der Waals surface area (Å²) < 4.78 is 0. The Balaban J connectivity index is 0.00000220. The van der Waals surface area contributed by atoms with E-state index in [1.165, 1.54) is 4.88 Å². The molecule has 0 saturated heterocycles. The Hall–Kier alpha value is -1.52. The molecule has 1 heterocycles. The van der Waals surface area contributed by atoms with Crippen molar-refractivity contribution < 1.29 is 4.79 Å². The molecule has 1 amide bonds. The molecule has 2 rings (SSSR count). The number of thiophene rings is 1. The molecule has 0 fully saturated rings. The van der Waals surface area contributed by atoms with Gasteiger partial charge in [0.15, 0.2) is 0 Å². The van der Waals surface area contributed by atoms with Gasteiger partial charge in [-0.25, -0.2) is 0 Å². The molecule has 3 nitrogen and oxygen atoms in total. The van der Waals surface area contributed by atoms with Crippen LogP contribution in [-0.4, -0.2) is 23.4 Å². The lowest BCUT2D eigenvalue weighted by Gasteiger charge is -2.26. The van der Waals surface area contributed by atoms with Crippen molar-refractivity contribution in [2.75, 3.05) is 11.9 Å². The zero-order valence-corrected chi connectivity index (χ0v) is 13.9. The third-order valence-corrected chi connectivity index (χ3v) is 3.93. The largest absolute Gasteiger partial charge is 0.376 e. The van der Waals surface area contributed by atoms with Crippen LogP contribution in [-0.2, 0) is 11.3 Å². The normalized spacial score (nSPS) is 10.0. The molecule has 0 atom stereocenters. The Labute approximate surface area is 136 Å². The first-order chi connectivity index (χ1) is 9.66. The summed E-state index contributed by atoms with van der Waals surface area (Å²) in [6.45, 7) is 5.11. The molecular formula is C16H21ClN2OS. The zero-order chi connectivity index (χ0) is 14.4. The maximum absolute atomic E-state index is 12.4. The Morgan fingerprint density at radius 1 is 1.19 bits per heavy atom. The van der Waals surface area contributed by atoms with E-state index >= 15 is 0 Å². The number of nitrogens with one attached hydrogen (secondary N) is 1. The lowest BCUT2D eigenvalue weighted by atomic mass is 10.2. The highest BCUT2D eigenvalue weighted by atomic mass is 35.5. The number of halogens is 1. The van der Waals surface area contributed by atoms with Crippen molar-refractivity contribution in [1.82, 2.24) is 4.90 Å². The molecule has 0 bridgehead atoms. The summed E-state index contributed by atoms with van der Waals surface area (Å²) in [7, 11) is 0. The van der Waals surface area contributed by atoms with Crippen LogP contribution in [0.25, 0.3) is 0 Å². The lowest BCUT2D eigenvalue weighted by Crippen LogP contribution is -2.39. The number of para-hydroxylation sites is 1. The van der Waals surface area contributed by atoms with Crippen LogP contribution in [0, 0.1) is 0 Å². The molecule has 5 heteroatoms. The maximum atomic E-state index is 12.4. The molecule has 0 radical (unpaired) electrons. The Bertz CT molecular complexity index is 528. The SMILES string of the molecule is CC(C)N(Cc1cccs1)C(=O)CNc1ccccc1.Cl. The quantitative estimate of drug-likeness (QED) is 0.870. The number of anilines is 1. The van der Waals surface area contributed by atoms with E-state index in [2.05, 4.69) is 11.4 Å². The molecule has 21 heavy (non-hydrogen) atoms. The number of nitrogens with zero attached hydrogens (tertiary/aromatic N) is 1. The number of benzene rings is 1. The van der Waals surface area contributed by atoms with Crippen LogP contribution in [0.3, 0.4) is 0 Å². The molecule has 2 aromatic rings. The summed E-state index contributed by atoms with van der Waals surface area (Å²) in [5, 5.41) is 5.21. The van der Waals surface area contributed by atoms with Gasteiger partial charge in [0.05, 0.1) is 13.1 Å². The summed E-state index contributed by atoms with van der Waals surface area (Å²) in [5.74, 6) is 0.122. The van der Waals surface area contributed by atoms with Crippen molar-refractivity contribution in [2.24, 2.45) is 0 Å². The van der Waals surface area contributed by atoms with Gasteiger partial charge in [0, 0.05) is 16.6 Å². The Kier molecular flexibility index (Phi) is 7.26. The van der Waals surface area contributed by atoms with E-state index in [1.54, 1.807) is 11.3 Å². The van der Waals surface area contributed by atoms with Crippen molar-refractivity contribution in [3.63, 3.8) is 0 Å². The average molecular weight is 325 g/mol. The predicted octanol–water partition coefficient (Wildman–Crippen LogP) is 4.02. The molecule has 114 valence electrons. The van der Waals surface area contributed by atoms with Crippen LogP contribution in [0.4, 0.5) is 5.69 Å². The van der Waals surface area contributed by atoms with Gasteiger partial charge in [-0.3, -0.25) is 4.79 Å². The second kappa shape index (κ2) is 8.70. The van der Waals surface area contributed by atoms with Gasteiger partial charge in [-0.1, -0.05) is 24.3 Å². The highest BCUT2D eigenvalue weighted by Crippen LogP contribution is 2.14. The number of rotatable bonds is 6. The summed E-state index contributed by atoms with van der Waals surface area (Å²) in [6.07, 6.45) is 0. The highest BCUT2D eigenvalue weighted by Gasteiger charge is 2.17. The molecule has 1 aromatic carbocycles. The number of carbonyl (C=O) groups excluding carboxylic acids is 1. The van der Waals surface area contributed by atoms with E-state index < -0.39 is 0 Å². The van der Waals surface area contributed by atoms with Crippen molar-refractivity contribution in [3.05, 3.63) is 52.7 Å². The zero-order valence-electron chi connectivity index (χ0n) is 12.3. The first-order valence-corrected chi connectivity index (χ1v) is 7.65. The molecule has 0 aliphatic heterocycles. The van der Waals surface area contributed by atoms with Gasteiger partial charge in [0.25, 0.3) is 0 Å². The van der Waals surface area contributed by atoms with Gasteiger partial charge in [-0.2, -0.15) is 0 Å². The van der Waals surface area contributed by atoms with Crippen LogP contribution >= 0.6 is 23.7 Å². The van der Waals surface area contributed by atoms with Gasteiger partial charge < -0.3 is 10.2 Å². The number of hydrogen-bond donors (Lipinski definition) is 1. The average Bonchev–Trinajstić information content (AvgIpc) is 2.96. The molecule has 0 saturated carbocycles. The standard InChI is InChI=1S/C16H20N2OS.ClH/c1-13(2)18(12-15-9-6-10-20-15)16(19)11-17-14-7-4-3-5-8-14;/h3-10,13,17H,11-12H2,1-2H3;1H. The van der Waals surface area contributed by atoms with Crippen molar-refractivity contribution in [2.45, 2.75) is 26.4 Å². The van der Waals surface area contributed by atoms with Gasteiger partial charge in [0.2, 0.25) is 5.91 Å². The van der Waals surface area contributed by atoms with Gasteiger partial charge in [0.1, 0.15) is 0 Å². The third-order valence-electron chi connectivity index (χ3n) is 3.07. The maximum Gasteiger partial charge on any atom is 0.242 e. The molecule has 1 aromatic heterocycles. The first-order valence-electron chi connectivity index (χ1n) is 6.77. The van der Waals surface area contributed by atoms with Crippen molar-refractivity contribution in [1.29, 1.82) is 0 Å². The minimum Gasteiger partial charge on any atom is -0.376 e. The topological polar surface area (TPSA) is 32.3 Å². The Morgan fingerprint density at radius 2 is 1.90 bits per heavy atom. The molecule has 0 aliphatic rings. The van der Waals surface area contributed by atoms with Gasteiger partial charge in [-0.15, -0.1) is 23.7 Å². The summed E-state index contributed by atoms with van der Waals surface area (Å²) in [5.41, 5.74) is 0.973. The van der Waals surface area contributed by atoms with Crippen molar-refractivity contribution in [3.8, 4) is 0 Å². The van der Waals surface area contributed by atoms with E-state index in [9.17, 15) is 4.79 Å². The first kappa shape index (κ1) is 17.5. The molecular weight excluding hydrogens is 304 g/mol. The van der Waals surface area contributed by atoms with Crippen LogP contribution in [0.5, 0.6) is 0 Å². The number of carbonyl (C=O) groups is 1. The monoisotopic (exact) mass is 324 g/mol. The lowest BCUT2D eigenvalue weighted by molar-refractivity contribution is -0.131. The third kappa shape index (κ3) is 5.40. The second-order valence-electron chi connectivity index (χ2n) is 4.91.